The normalized spacial score (nSPS) is 25.4. The third kappa shape index (κ3) is 4.95. The Balaban J connectivity index is 1.47. The van der Waals surface area contributed by atoms with Crippen molar-refractivity contribution in [3.8, 4) is 0 Å². The number of aromatic nitrogens is 4. The average molecular weight is 594 g/mol. The molecule has 10 nitrogen and oxygen atoms in total. The molecule has 3 aromatic rings. The lowest BCUT2D eigenvalue weighted by Crippen LogP contribution is -2.51. The Morgan fingerprint density at radius 3 is 2.88 bits per heavy atom. The molecule has 0 radical (unpaired) electrons. The minimum atomic E-state index is -4.53. The molecule has 1 amide bonds. The first kappa shape index (κ1) is 25.5. The molecule has 3 aliphatic heterocycles. The summed E-state index contributed by atoms with van der Waals surface area (Å²) in [6.07, 6.45) is -2.16. The Hall–Kier alpha value is -3.23. The van der Waals surface area contributed by atoms with Crippen LogP contribution in [0.5, 0.6) is 0 Å². The van der Waals surface area contributed by atoms with Crippen LogP contribution in [0.2, 0.25) is 0 Å². The van der Waals surface area contributed by atoms with Crippen LogP contribution >= 0.6 is 11.3 Å². The molecule has 14 heteroatoms. The topological polar surface area (TPSA) is 106 Å². The molecule has 0 spiro atoms. The van der Waals surface area contributed by atoms with Crippen LogP contribution < -0.4 is 21.1 Å². The van der Waals surface area contributed by atoms with Crippen LogP contribution in [0.15, 0.2) is 16.3 Å². The fraction of sp³-hybridized carbons (Fsp3) is 0.556. The quantitative estimate of drug-likeness (QED) is 0.472. The van der Waals surface area contributed by atoms with Crippen molar-refractivity contribution in [1.82, 2.24) is 24.5 Å². The molecule has 1 fully saturated rings. The first-order chi connectivity index (χ1) is 20.2. The smallest absolute Gasteiger partial charge is 0.377 e. The number of allylic oxidation sites excluding steroid dienone is 1. The second-order valence-electron chi connectivity index (χ2n) is 10.8. The van der Waals surface area contributed by atoms with Gasteiger partial charge < -0.3 is 20.3 Å². The molecule has 0 aromatic carbocycles. The fourth-order valence-corrected chi connectivity index (χ4v) is 6.92. The lowest BCUT2D eigenvalue weighted by molar-refractivity contribution is -0.137. The lowest BCUT2D eigenvalue weighted by Gasteiger charge is -2.34. The Bertz CT molecular complexity index is 1680. The molecule has 2 N–H and O–H groups in total. The number of carbonyl (C=O) groups is 1. The molecule has 3 aliphatic rings. The zero-order valence-corrected chi connectivity index (χ0v) is 23.7. The monoisotopic (exact) mass is 593 g/mol. The van der Waals surface area contributed by atoms with Gasteiger partial charge in [-0.3, -0.25) is 14.2 Å². The van der Waals surface area contributed by atoms with Gasteiger partial charge in [0.05, 0.1) is 25.6 Å². The molecule has 2 unspecified atom stereocenters. The van der Waals surface area contributed by atoms with Crippen molar-refractivity contribution in [2.45, 2.75) is 64.2 Å². The molecule has 3 aromatic heterocycles. The number of anilines is 2. The number of ether oxygens (including phenoxy) is 1. The SMILES string of the molecule is [2H]C1([2H])CCC(c2nc3n4c(c(N5CCN[C@H](C)C5)c(=O)n3n2)C(C)CC4C(=O)Nc2scc(C(F)(F)F)c2C)=CCO1. The zero-order valence-electron chi connectivity index (χ0n) is 24.8. The van der Waals surface area contributed by atoms with Gasteiger partial charge in [0, 0.05) is 43.5 Å². The summed E-state index contributed by atoms with van der Waals surface area (Å²) in [5.41, 5.74) is 0.482. The molecule has 6 heterocycles. The largest absolute Gasteiger partial charge is 0.417 e. The van der Waals surface area contributed by atoms with Crippen LogP contribution in [0.3, 0.4) is 0 Å². The molecule has 6 rings (SSSR count). The molecule has 41 heavy (non-hydrogen) atoms. The highest BCUT2D eigenvalue weighted by molar-refractivity contribution is 7.14. The number of nitrogens with one attached hydrogen (secondary N) is 2. The van der Waals surface area contributed by atoms with E-state index in [1.807, 2.05) is 18.7 Å². The Morgan fingerprint density at radius 1 is 1.34 bits per heavy atom. The van der Waals surface area contributed by atoms with Gasteiger partial charge in [0.25, 0.3) is 5.56 Å². The van der Waals surface area contributed by atoms with Gasteiger partial charge in [0.2, 0.25) is 11.7 Å². The number of thiophene rings is 1. The van der Waals surface area contributed by atoms with Gasteiger partial charge in [-0.05, 0) is 44.2 Å². The first-order valence-corrected chi connectivity index (χ1v) is 14.5. The van der Waals surface area contributed by atoms with Crippen molar-refractivity contribution in [1.29, 1.82) is 0 Å². The van der Waals surface area contributed by atoms with Crippen molar-refractivity contribution in [3.05, 3.63) is 44.5 Å². The minimum Gasteiger partial charge on any atom is -0.377 e. The van der Waals surface area contributed by atoms with E-state index >= 15 is 0 Å². The predicted octanol–water partition coefficient (Wildman–Crippen LogP) is 3.96. The molecule has 220 valence electrons. The number of fused-ring (bicyclic) bond motifs is 3. The van der Waals surface area contributed by atoms with E-state index in [2.05, 4.69) is 15.7 Å². The number of rotatable bonds is 4. The van der Waals surface area contributed by atoms with E-state index in [-0.39, 0.29) is 59.1 Å². The summed E-state index contributed by atoms with van der Waals surface area (Å²) in [6, 6.07) is -0.747. The summed E-state index contributed by atoms with van der Waals surface area (Å²) in [4.78, 5) is 34.6. The molecule has 0 saturated carbocycles. The van der Waals surface area contributed by atoms with Crippen LogP contribution in [0, 0.1) is 6.92 Å². The second kappa shape index (κ2) is 10.6. The Kier molecular flexibility index (Phi) is 6.56. The van der Waals surface area contributed by atoms with E-state index in [1.54, 1.807) is 10.6 Å². The summed E-state index contributed by atoms with van der Waals surface area (Å²) in [5.74, 6) is -0.350. The van der Waals surface area contributed by atoms with Crippen LogP contribution in [0.1, 0.15) is 70.5 Å². The molecule has 0 aliphatic carbocycles. The van der Waals surface area contributed by atoms with Crippen molar-refractivity contribution in [2.24, 2.45) is 0 Å². The van der Waals surface area contributed by atoms with E-state index < -0.39 is 30.2 Å². The zero-order chi connectivity index (χ0) is 30.8. The van der Waals surface area contributed by atoms with E-state index in [4.69, 9.17) is 12.5 Å². The predicted molar refractivity (Wildman–Crippen MR) is 150 cm³/mol. The number of hydrogen-bond donors (Lipinski definition) is 2. The summed E-state index contributed by atoms with van der Waals surface area (Å²) >= 11 is 0.820. The fourth-order valence-electron chi connectivity index (χ4n) is 5.93. The van der Waals surface area contributed by atoms with E-state index in [0.29, 0.717) is 43.0 Å². The number of hydrogen-bond acceptors (Lipinski definition) is 8. The minimum absolute atomic E-state index is 0.0133. The van der Waals surface area contributed by atoms with E-state index in [1.165, 1.54) is 11.4 Å². The molecule has 0 bridgehead atoms. The number of amides is 1. The first-order valence-electron chi connectivity index (χ1n) is 14.6. The maximum atomic E-state index is 14.1. The summed E-state index contributed by atoms with van der Waals surface area (Å²) < 4.78 is 64.4. The summed E-state index contributed by atoms with van der Waals surface area (Å²) in [5, 5.41) is 11.7. The van der Waals surface area contributed by atoms with Crippen molar-refractivity contribution in [3.63, 3.8) is 0 Å². The number of nitrogens with zero attached hydrogens (tertiary/aromatic N) is 5. The van der Waals surface area contributed by atoms with Crippen molar-refractivity contribution >= 4 is 39.3 Å². The highest BCUT2D eigenvalue weighted by atomic mass is 32.1. The van der Waals surface area contributed by atoms with Gasteiger partial charge >= 0.3 is 6.18 Å². The van der Waals surface area contributed by atoms with Crippen molar-refractivity contribution in [2.75, 3.05) is 43.0 Å². The lowest BCUT2D eigenvalue weighted by atomic mass is 10.0. The number of alkyl halides is 3. The number of piperazine rings is 1. The Labute approximate surface area is 241 Å². The van der Waals surface area contributed by atoms with Gasteiger partial charge in [-0.25, -0.2) is 0 Å². The second-order valence-corrected chi connectivity index (χ2v) is 11.7. The standard InChI is InChI=1S/C27H32F3N7O3S/c1-14-11-19(23(38)33-24-16(3)18(13-41-24)27(28,29)30)36-20(14)21(35-8-7-31-15(2)12-35)25(39)37-26(36)32-22(34-37)17-5-4-9-40-10-6-17/h6,13-15,19,31H,4-5,7-12H2,1-3H3,(H,33,38)/t14?,15-,19?/m1/s1/i9D2. The summed E-state index contributed by atoms with van der Waals surface area (Å²) in [6.45, 7) is 5.26. The maximum absolute atomic E-state index is 14.1. The molecular weight excluding hydrogens is 559 g/mol. The number of halogens is 3. The van der Waals surface area contributed by atoms with Crippen LogP contribution in [0.4, 0.5) is 23.9 Å². The number of carbonyl (C=O) groups excluding carboxylic acids is 1. The van der Waals surface area contributed by atoms with Gasteiger partial charge in [0.15, 0.2) is 5.82 Å². The van der Waals surface area contributed by atoms with Gasteiger partial charge in [-0.1, -0.05) is 13.0 Å². The van der Waals surface area contributed by atoms with E-state index in [0.717, 1.165) is 16.7 Å². The van der Waals surface area contributed by atoms with Gasteiger partial charge in [-0.15, -0.1) is 16.4 Å². The maximum Gasteiger partial charge on any atom is 0.417 e. The highest BCUT2D eigenvalue weighted by Crippen LogP contribution is 2.43. The van der Waals surface area contributed by atoms with Crippen LogP contribution in [-0.4, -0.2) is 63.9 Å². The Morgan fingerprint density at radius 2 is 2.15 bits per heavy atom. The van der Waals surface area contributed by atoms with Crippen molar-refractivity contribution < 1.29 is 25.4 Å². The van der Waals surface area contributed by atoms with Gasteiger partial charge in [0.1, 0.15) is 11.7 Å². The summed E-state index contributed by atoms with van der Waals surface area (Å²) in [7, 11) is 0. The average Bonchev–Trinajstić information content (AvgIpc) is 3.58. The molecule has 3 atom stereocenters. The highest BCUT2D eigenvalue weighted by Gasteiger charge is 2.41. The molecule has 1 saturated heterocycles. The van der Waals surface area contributed by atoms with Gasteiger partial charge in [-0.2, -0.15) is 22.7 Å². The molecular formula is C27H32F3N7O3S. The van der Waals surface area contributed by atoms with Crippen LogP contribution in [-0.2, 0) is 15.7 Å². The third-order valence-electron chi connectivity index (χ3n) is 7.93. The van der Waals surface area contributed by atoms with E-state index in [9.17, 15) is 22.8 Å². The third-order valence-corrected chi connectivity index (χ3v) is 8.92. The van der Waals surface area contributed by atoms with Crippen LogP contribution in [0.25, 0.3) is 11.4 Å².